The third-order valence-electron chi connectivity index (χ3n) is 3.96. The smallest absolute Gasteiger partial charge is 0.240 e. The molecule has 0 radical (unpaired) electrons. The summed E-state index contributed by atoms with van der Waals surface area (Å²) in [6.45, 7) is 0. The molecule has 1 aromatic heterocycles. The number of amides is 1. The second-order valence-electron chi connectivity index (χ2n) is 5.71. The molecule has 1 heterocycles. The van der Waals surface area contributed by atoms with Crippen LogP contribution in [0.2, 0.25) is 0 Å². The van der Waals surface area contributed by atoms with E-state index in [0.29, 0.717) is 5.56 Å². The molecule has 0 aliphatic rings. The fraction of sp³-hybridized carbons (Fsp3) is 0.100. The van der Waals surface area contributed by atoms with Crippen LogP contribution < -0.4 is 11.1 Å². The van der Waals surface area contributed by atoms with Gasteiger partial charge in [0.05, 0.1) is 0 Å². The first-order valence-electron chi connectivity index (χ1n) is 7.93. The van der Waals surface area contributed by atoms with Crippen molar-refractivity contribution in [2.45, 2.75) is 12.5 Å². The molecule has 0 bridgehead atoms. The van der Waals surface area contributed by atoms with Gasteiger partial charge in [0, 0.05) is 24.5 Å². The van der Waals surface area contributed by atoms with Gasteiger partial charge in [0.2, 0.25) is 5.91 Å². The van der Waals surface area contributed by atoms with Gasteiger partial charge in [-0.15, -0.1) is 0 Å². The maximum Gasteiger partial charge on any atom is 0.240 e. The summed E-state index contributed by atoms with van der Waals surface area (Å²) in [6.07, 6.45) is 3.66. The number of rotatable bonds is 6. The zero-order valence-electron chi connectivity index (χ0n) is 13.5. The number of benzene rings is 2. The molecule has 1 amide bonds. The Bertz CT molecular complexity index is 850. The Morgan fingerprint density at radius 3 is 2.28 bits per heavy atom. The van der Waals surface area contributed by atoms with E-state index in [4.69, 9.17) is 5.73 Å². The monoisotopic (exact) mass is 335 g/mol. The predicted octanol–water partition coefficient (Wildman–Crippen LogP) is 3.40. The average Bonchev–Trinajstić information content (AvgIpc) is 2.64. The number of pyridine rings is 1. The molecule has 0 saturated carbocycles. The SMILES string of the molecule is NC(=O)C(Cc1ccccc1F)Nc1ccc(-c2ccncc2)cc1. The summed E-state index contributed by atoms with van der Waals surface area (Å²) < 4.78 is 13.8. The van der Waals surface area contributed by atoms with Gasteiger partial charge in [-0.3, -0.25) is 9.78 Å². The van der Waals surface area contributed by atoms with E-state index in [2.05, 4.69) is 10.3 Å². The van der Waals surface area contributed by atoms with Gasteiger partial charge in [-0.1, -0.05) is 30.3 Å². The molecular formula is C20H18FN3O. The molecule has 0 aliphatic heterocycles. The number of hydrogen-bond donors (Lipinski definition) is 2. The van der Waals surface area contributed by atoms with Crippen LogP contribution in [0.4, 0.5) is 10.1 Å². The van der Waals surface area contributed by atoms with E-state index in [1.54, 1.807) is 30.6 Å². The van der Waals surface area contributed by atoms with E-state index in [9.17, 15) is 9.18 Å². The number of primary amides is 1. The highest BCUT2D eigenvalue weighted by molar-refractivity contribution is 5.83. The Kier molecular flexibility index (Phi) is 5.04. The van der Waals surface area contributed by atoms with Gasteiger partial charge < -0.3 is 11.1 Å². The van der Waals surface area contributed by atoms with Crippen molar-refractivity contribution in [3.05, 3.63) is 84.4 Å². The Morgan fingerprint density at radius 1 is 1.00 bits per heavy atom. The van der Waals surface area contributed by atoms with Crippen LogP contribution in [-0.4, -0.2) is 16.9 Å². The van der Waals surface area contributed by atoms with Crippen molar-refractivity contribution < 1.29 is 9.18 Å². The number of carbonyl (C=O) groups excluding carboxylic acids is 1. The molecule has 5 heteroatoms. The van der Waals surface area contributed by atoms with Crippen LogP contribution in [0.1, 0.15) is 5.56 Å². The summed E-state index contributed by atoms with van der Waals surface area (Å²) >= 11 is 0. The molecule has 0 aliphatic carbocycles. The topological polar surface area (TPSA) is 68.0 Å². The van der Waals surface area contributed by atoms with Crippen molar-refractivity contribution in [3.8, 4) is 11.1 Å². The average molecular weight is 335 g/mol. The first-order chi connectivity index (χ1) is 12.1. The molecule has 3 rings (SSSR count). The fourth-order valence-electron chi connectivity index (χ4n) is 2.61. The molecule has 2 aromatic carbocycles. The number of aromatic nitrogens is 1. The largest absolute Gasteiger partial charge is 0.373 e. The van der Waals surface area contributed by atoms with Crippen LogP contribution in [0.5, 0.6) is 0 Å². The van der Waals surface area contributed by atoms with Crippen LogP contribution in [-0.2, 0) is 11.2 Å². The normalized spacial score (nSPS) is 11.7. The van der Waals surface area contributed by atoms with E-state index in [0.717, 1.165) is 16.8 Å². The lowest BCUT2D eigenvalue weighted by Gasteiger charge is -2.17. The number of nitrogens with one attached hydrogen (secondary N) is 1. The minimum absolute atomic E-state index is 0.189. The first-order valence-corrected chi connectivity index (χ1v) is 7.93. The predicted molar refractivity (Wildman–Crippen MR) is 96.4 cm³/mol. The van der Waals surface area contributed by atoms with Crippen molar-refractivity contribution >= 4 is 11.6 Å². The van der Waals surface area contributed by atoms with Gasteiger partial charge in [0.1, 0.15) is 11.9 Å². The highest BCUT2D eigenvalue weighted by Crippen LogP contribution is 2.21. The van der Waals surface area contributed by atoms with Gasteiger partial charge >= 0.3 is 0 Å². The van der Waals surface area contributed by atoms with Crippen molar-refractivity contribution in [3.63, 3.8) is 0 Å². The van der Waals surface area contributed by atoms with Gasteiger partial charge in [-0.05, 0) is 47.0 Å². The van der Waals surface area contributed by atoms with Gasteiger partial charge in [-0.2, -0.15) is 0 Å². The summed E-state index contributed by atoms with van der Waals surface area (Å²) in [4.78, 5) is 15.7. The minimum Gasteiger partial charge on any atom is -0.373 e. The molecule has 3 aromatic rings. The van der Waals surface area contributed by atoms with Crippen LogP contribution in [0, 0.1) is 5.82 Å². The Morgan fingerprint density at radius 2 is 1.64 bits per heavy atom. The number of anilines is 1. The third-order valence-corrected chi connectivity index (χ3v) is 3.96. The van der Waals surface area contributed by atoms with E-state index in [-0.39, 0.29) is 12.2 Å². The quantitative estimate of drug-likeness (QED) is 0.725. The molecule has 4 nitrogen and oxygen atoms in total. The number of carbonyl (C=O) groups is 1. The standard InChI is InChI=1S/C20H18FN3O/c21-18-4-2-1-3-16(18)13-19(20(22)25)24-17-7-5-14(6-8-17)15-9-11-23-12-10-15/h1-12,19,24H,13H2,(H2,22,25). The molecule has 126 valence electrons. The van der Waals surface area contributed by atoms with Gasteiger partial charge in [-0.25, -0.2) is 4.39 Å². The molecule has 3 N–H and O–H groups in total. The van der Waals surface area contributed by atoms with E-state index < -0.39 is 11.9 Å². The molecule has 0 saturated heterocycles. The number of hydrogen-bond acceptors (Lipinski definition) is 3. The zero-order chi connectivity index (χ0) is 17.6. The lowest BCUT2D eigenvalue weighted by Crippen LogP contribution is -2.37. The second-order valence-corrected chi connectivity index (χ2v) is 5.71. The maximum absolute atomic E-state index is 13.8. The molecule has 0 spiro atoms. The summed E-state index contributed by atoms with van der Waals surface area (Å²) in [6, 6.07) is 17.2. The van der Waals surface area contributed by atoms with Crippen LogP contribution in [0.15, 0.2) is 73.1 Å². The Labute approximate surface area is 145 Å². The highest BCUT2D eigenvalue weighted by Gasteiger charge is 2.17. The third kappa shape index (κ3) is 4.20. The Balaban J connectivity index is 1.74. The van der Waals surface area contributed by atoms with Crippen molar-refractivity contribution in [2.75, 3.05) is 5.32 Å². The van der Waals surface area contributed by atoms with Crippen LogP contribution >= 0.6 is 0 Å². The van der Waals surface area contributed by atoms with Crippen LogP contribution in [0.25, 0.3) is 11.1 Å². The molecular weight excluding hydrogens is 317 g/mol. The zero-order valence-corrected chi connectivity index (χ0v) is 13.5. The van der Waals surface area contributed by atoms with Crippen molar-refractivity contribution in [2.24, 2.45) is 5.73 Å². The maximum atomic E-state index is 13.8. The molecule has 25 heavy (non-hydrogen) atoms. The van der Waals surface area contributed by atoms with Gasteiger partial charge in [0.15, 0.2) is 0 Å². The lowest BCUT2D eigenvalue weighted by atomic mass is 10.0. The minimum atomic E-state index is -0.691. The molecule has 1 unspecified atom stereocenters. The second kappa shape index (κ2) is 7.57. The van der Waals surface area contributed by atoms with Crippen LogP contribution in [0.3, 0.4) is 0 Å². The number of nitrogens with zero attached hydrogens (tertiary/aromatic N) is 1. The number of halogens is 1. The van der Waals surface area contributed by atoms with Gasteiger partial charge in [0.25, 0.3) is 0 Å². The van der Waals surface area contributed by atoms with E-state index >= 15 is 0 Å². The van der Waals surface area contributed by atoms with Crippen molar-refractivity contribution in [1.82, 2.24) is 4.98 Å². The summed E-state index contributed by atoms with van der Waals surface area (Å²) in [7, 11) is 0. The van der Waals surface area contributed by atoms with E-state index in [1.807, 2.05) is 36.4 Å². The summed E-state index contributed by atoms with van der Waals surface area (Å²) in [5, 5.41) is 3.08. The summed E-state index contributed by atoms with van der Waals surface area (Å²) in [5.41, 5.74) is 8.77. The fourth-order valence-corrected chi connectivity index (χ4v) is 2.61. The first kappa shape index (κ1) is 16.6. The summed E-state index contributed by atoms with van der Waals surface area (Å²) in [5.74, 6) is -0.870. The van der Waals surface area contributed by atoms with Crippen molar-refractivity contribution in [1.29, 1.82) is 0 Å². The lowest BCUT2D eigenvalue weighted by molar-refractivity contribution is -0.118. The Hall–Kier alpha value is -3.21. The molecule has 0 fully saturated rings. The molecule has 1 atom stereocenters. The highest BCUT2D eigenvalue weighted by atomic mass is 19.1. The number of nitrogens with two attached hydrogens (primary N) is 1. The van der Waals surface area contributed by atoms with E-state index in [1.165, 1.54) is 6.07 Å².